The van der Waals surface area contributed by atoms with Gasteiger partial charge in [0.15, 0.2) is 5.13 Å². The van der Waals surface area contributed by atoms with Gasteiger partial charge in [0.05, 0.1) is 5.69 Å². The Labute approximate surface area is 95.1 Å². The molecule has 1 aromatic rings. The van der Waals surface area contributed by atoms with Crippen LogP contribution in [0.4, 0.5) is 5.13 Å². The van der Waals surface area contributed by atoms with Crippen molar-refractivity contribution < 1.29 is 0 Å². The molecular formula is C12H18N2S. The van der Waals surface area contributed by atoms with Gasteiger partial charge in [0.25, 0.3) is 0 Å². The van der Waals surface area contributed by atoms with Crippen LogP contribution in [-0.4, -0.2) is 11.5 Å². The summed E-state index contributed by atoms with van der Waals surface area (Å²) in [6.45, 7) is 5.51. The number of hydrogen-bond donors (Lipinski definition) is 1. The van der Waals surface area contributed by atoms with Crippen LogP contribution in [0.25, 0.3) is 0 Å². The molecule has 1 heterocycles. The number of rotatable bonds is 3. The average molecular weight is 222 g/mol. The molecule has 0 amide bonds. The Balaban J connectivity index is 1.77. The van der Waals surface area contributed by atoms with Crippen LogP contribution in [0.15, 0.2) is 0 Å². The normalized spacial score (nSPS) is 27.4. The van der Waals surface area contributed by atoms with Gasteiger partial charge in [-0.15, -0.1) is 11.3 Å². The van der Waals surface area contributed by atoms with E-state index in [1.807, 2.05) is 11.3 Å². The predicted molar refractivity (Wildman–Crippen MR) is 64.8 cm³/mol. The largest absolute Gasteiger partial charge is 0.361 e. The third-order valence-electron chi connectivity index (χ3n) is 3.53. The van der Waals surface area contributed by atoms with Crippen molar-refractivity contribution in [2.45, 2.75) is 44.9 Å². The maximum Gasteiger partial charge on any atom is 0.183 e. The number of thiazole rings is 1. The van der Waals surface area contributed by atoms with Gasteiger partial charge in [0, 0.05) is 17.3 Å². The zero-order valence-corrected chi connectivity index (χ0v) is 10.2. The number of aromatic nitrogens is 1. The first-order valence-electron chi connectivity index (χ1n) is 5.98. The highest BCUT2D eigenvalue weighted by Crippen LogP contribution is 2.55. The lowest BCUT2D eigenvalue weighted by molar-refractivity contribution is 0.685. The molecule has 3 rings (SSSR count). The first kappa shape index (κ1) is 9.64. The van der Waals surface area contributed by atoms with E-state index in [0.29, 0.717) is 5.92 Å². The second-order valence-corrected chi connectivity index (χ2v) is 6.28. The molecule has 15 heavy (non-hydrogen) atoms. The topological polar surface area (TPSA) is 24.9 Å². The minimum absolute atomic E-state index is 0.695. The summed E-state index contributed by atoms with van der Waals surface area (Å²) < 4.78 is 0. The van der Waals surface area contributed by atoms with E-state index >= 15 is 0 Å². The van der Waals surface area contributed by atoms with Gasteiger partial charge in [0.2, 0.25) is 0 Å². The van der Waals surface area contributed by atoms with Crippen molar-refractivity contribution in [2.24, 2.45) is 5.92 Å². The second-order valence-electron chi connectivity index (χ2n) is 5.25. The molecule has 0 saturated heterocycles. The lowest BCUT2D eigenvalue weighted by Gasteiger charge is -2.06. The van der Waals surface area contributed by atoms with Gasteiger partial charge in [-0.3, -0.25) is 0 Å². The molecular weight excluding hydrogens is 204 g/mol. The number of hydrogen-bond acceptors (Lipinski definition) is 3. The average Bonchev–Trinajstić information content (AvgIpc) is 2.86. The summed E-state index contributed by atoms with van der Waals surface area (Å²) in [5, 5.41) is 4.61. The fourth-order valence-electron chi connectivity index (χ4n) is 2.76. The third kappa shape index (κ3) is 1.57. The fourth-order valence-corrected chi connectivity index (χ4v) is 3.97. The van der Waals surface area contributed by atoms with Gasteiger partial charge in [0.1, 0.15) is 0 Å². The summed E-state index contributed by atoms with van der Waals surface area (Å²) in [4.78, 5) is 6.35. The SMILES string of the molecule is CC(C)CNc1nc2c(s1)C1CCC2C1. The highest BCUT2D eigenvalue weighted by atomic mass is 32.1. The van der Waals surface area contributed by atoms with E-state index in [1.165, 1.54) is 25.0 Å². The Morgan fingerprint density at radius 3 is 2.93 bits per heavy atom. The zero-order chi connectivity index (χ0) is 10.4. The van der Waals surface area contributed by atoms with Gasteiger partial charge >= 0.3 is 0 Å². The number of nitrogens with one attached hydrogen (secondary N) is 1. The number of anilines is 1. The van der Waals surface area contributed by atoms with Crippen LogP contribution < -0.4 is 5.32 Å². The van der Waals surface area contributed by atoms with E-state index in [9.17, 15) is 0 Å². The molecule has 1 saturated carbocycles. The van der Waals surface area contributed by atoms with Gasteiger partial charge in [-0.2, -0.15) is 0 Å². The van der Waals surface area contributed by atoms with Gasteiger partial charge in [-0.1, -0.05) is 13.8 Å². The minimum Gasteiger partial charge on any atom is -0.361 e. The van der Waals surface area contributed by atoms with Crippen molar-refractivity contribution in [1.29, 1.82) is 0 Å². The van der Waals surface area contributed by atoms with Crippen LogP contribution >= 0.6 is 11.3 Å². The lowest BCUT2D eigenvalue weighted by atomic mass is 10.0. The van der Waals surface area contributed by atoms with E-state index in [2.05, 4.69) is 19.2 Å². The second kappa shape index (κ2) is 3.48. The maximum atomic E-state index is 4.75. The van der Waals surface area contributed by atoms with Gasteiger partial charge < -0.3 is 5.32 Å². The number of nitrogens with zero attached hydrogens (tertiary/aromatic N) is 1. The minimum atomic E-state index is 0.695. The van der Waals surface area contributed by atoms with Crippen molar-refractivity contribution >= 4 is 16.5 Å². The van der Waals surface area contributed by atoms with Crippen LogP contribution in [-0.2, 0) is 0 Å². The molecule has 2 atom stereocenters. The van der Waals surface area contributed by atoms with E-state index in [1.54, 1.807) is 4.88 Å². The third-order valence-corrected chi connectivity index (χ3v) is 4.72. The van der Waals surface area contributed by atoms with E-state index < -0.39 is 0 Å². The molecule has 2 aliphatic rings. The summed E-state index contributed by atoms with van der Waals surface area (Å²) in [5.74, 6) is 2.36. The molecule has 2 nitrogen and oxygen atoms in total. The van der Waals surface area contributed by atoms with Crippen LogP contribution in [0, 0.1) is 5.92 Å². The summed E-state index contributed by atoms with van der Waals surface area (Å²) in [6, 6.07) is 0. The molecule has 1 fully saturated rings. The molecule has 0 radical (unpaired) electrons. The Morgan fingerprint density at radius 1 is 1.40 bits per heavy atom. The molecule has 2 aliphatic carbocycles. The fraction of sp³-hybridized carbons (Fsp3) is 0.750. The lowest BCUT2D eigenvalue weighted by Crippen LogP contribution is -2.07. The summed E-state index contributed by atoms with van der Waals surface area (Å²) in [7, 11) is 0. The highest BCUT2D eigenvalue weighted by Gasteiger charge is 2.40. The Hall–Kier alpha value is -0.570. The molecule has 2 bridgehead atoms. The van der Waals surface area contributed by atoms with Crippen molar-refractivity contribution in [3.63, 3.8) is 0 Å². The smallest absolute Gasteiger partial charge is 0.183 e. The standard InChI is InChI=1S/C12H18N2S/c1-7(2)6-13-12-14-10-8-3-4-9(5-8)11(10)15-12/h7-9H,3-6H2,1-2H3,(H,13,14). The molecule has 2 unspecified atom stereocenters. The van der Waals surface area contributed by atoms with Crippen LogP contribution in [0.3, 0.4) is 0 Å². The maximum absolute atomic E-state index is 4.75. The van der Waals surface area contributed by atoms with Crippen molar-refractivity contribution in [3.8, 4) is 0 Å². The molecule has 0 spiro atoms. The molecule has 0 aromatic carbocycles. The monoisotopic (exact) mass is 222 g/mol. The molecule has 3 heteroatoms. The summed E-state index contributed by atoms with van der Waals surface area (Å²) in [6.07, 6.45) is 4.17. The van der Waals surface area contributed by atoms with Crippen molar-refractivity contribution in [2.75, 3.05) is 11.9 Å². The first-order valence-corrected chi connectivity index (χ1v) is 6.80. The first-order chi connectivity index (χ1) is 7.24. The Bertz CT molecular complexity index is 342. The number of fused-ring (bicyclic) bond motifs is 5. The molecule has 82 valence electrons. The van der Waals surface area contributed by atoms with Gasteiger partial charge in [-0.05, 0) is 31.1 Å². The van der Waals surface area contributed by atoms with E-state index in [0.717, 1.165) is 23.5 Å². The molecule has 1 aromatic heterocycles. The van der Waals surface area contributed by atoms with Crippen LogP contribution in [0.1, 0.15) is 55.5 Å². The zero-order valence-electron chi connectivity index (χ0n) is 9.42. The quantitative estimate of drug-likeness (QED) is 0.845. The van der Waals surface area contributed by atoms with Crippen molar-refractivity contribution in [3.05, 3.63) is 10.6 Å². The van der Waals surface area contributed by atoms with Crippen LogP contribution in [0.5, 0.6) is 0 Å². The van der Waals surface area contributed by atoms with Gasteiger partial charge in [-0.25, -0.2) is 4.98 Å². The highest BCUT2D eigenvalue weighted by molar-refractivity contribution is 7.15. The molecule has 0 aliphatic heterocycles. The Kier molecular flexibility index (Phi) is 2.23. The van der Waals surface area contributed by atoms with E-state index in [-0.39, 0.29) is 0 Å². The Morgan fingerprint density at radius 2 is 2.20 bits per heavy atom. The molecule has 1 N–H and O–H groups in total. The van der Waals surface area contributed by atoms with Crippen LogP contribution in [0.2, 0.25) is 0 Å². The predicted octanol–water partition coefficient (Wildman–Crippen LogP) is 3.58. The summed E-state index contributed by atoms with van der Waals surface area (Å²) >= 11 is 1.90. The van der Waals surface area contributed by atoms with Crippen molar-refractivity contribution in [1.82, 2.24) is 4.98 Å². The summed E-state index contributed by atoms with van der Waals surface area (Å²) in [5.41, 5.74) is 1.43. The van der Waals surface area contributed by atoms with E-state index in [4.69, 9.17) is 4.98 Å².